The van der Waals surface area contributed by atoms with E-state index >= 15 is 0 Å². The van der Waals surface area contributed by atoms with Crippen LogP contribution in [-0.2, 0) is 0 Å². The molecular weight excluding hydrogens is 98.1 g/mol. The van der Waals surface area contributed by atoms with Crippen molar-refractivity contribution in [2.45, 2.75) is 31.8 Å². The highest BCUT2D eigenvalue weighted by atomic mass is 15.0. The molecule has 0 heterocycles. The van der Waals surface area contributed by atoms with Gasteiger partial charge >= 0.3 is 0 Å². The summed E-state index contributed by atoms with van der Waals surface area (Å²) in [7, 11) is 0. The van der Waals surface area contributed by atoms with Gasteiger partial charge in [0.1, 0.15) is 0 Å². The summed E-state index contributed by atoms with van der Waals surface area (Å²) in [5.74, 6) is 2.63. The molecule has 0 aromatic rings. The zero-order valence-electron chi connectivity index (χ0n) is 5.15. The zero-order chi connectivity index (χ0) is 5.98. The van der Waals surface area contributed by atoms with Crippen molar-refractivity contribution in [3.05, 3.63) is 0 Å². The van der Waals surface area contributed by atoms with E-state index in [-0.39, 0.29) is 6.04 Å². The second kappa shape index (κ2) is 2.19. The van der Waals surface area contributed by atoms with E-state index < -0.39 is 0 Å². The molecule has 0 aromatic carbocycles. The topological polar surface area (TPSA) is 12.0 Å². The molecule has 0 spiro atoms. The Morgan fingerprint density at radius 3 is 2.75 bits per heavy atom. The molecule has 1 heteroatoms. The Kier molecular flexibility index (Phi) is 1.55. The summed E-state index contributed by atoms with van der Waals surface area (Å²) in [4.78, 5) is 0. The van der Waals surface area contributed by atoms with Crippen molar-refractivity contribution in [1.29, 1.82) is 0 Å². The molecule has 1 rings (SSSR count). The molecular formula is C7H11N. The lowest BCUT2D eigenvalue weighted by molar-refractivity contribution is 0.643. The van der Waals surface area contributed by atoms with Crippen molar-refractivity contribution < 1.29 is 0 Å². The maximum atomic E-state index is 5.14. The van der Waals surface area contributed by atoms with E-state index in [0.717, 1.165) is 6.04 Å². The lowest BCUT2D eigenvalue weighted by Crippen LogP contribution is -2.25. The first-order valence-electron chi connectivity index (χ1n) is 3.05. The lowest BCUT2D eigenvalue weighted by Gasteiger charge is -2.02. The third-order valence-corrected chi connectivity index (χ3v) is 1.31. The Labute approximate surface area is 50.5 Å². The zero-order valence-corrected chi connectivity index (χ0v) is 5.15. The lowest BCUT2D eigenvalue weighted by atomic mass is 10.3. The third kappa shape index (κ3) is 1.55. The molecule has 1 N–H and O–H groups in total. The summed E-state index contributed by atoms with van der Waals surface area (Å²) >= 11 is 0. The van der Waals surface area contributed by atoms with E-state index in [0.29, 0.717) is 0 Å². The molecule has 1 aliphatic rings. The minimum Gasteiger partial charge on any atom is -0.301 e. The third-order valence-electron chi connectivity index (χ3n) is 1.31. The summed E-state index contributed by atoms with van der Waals surface area (Å²) in [6.07, 6.45) is 7.76. The summed E-state index contributed by atoms with van der Waals surface area (Å²) in [6.45, 7) is 2.01. The molecule has 44 valence electrons. The van der Waals surface area contributed by atoms with Gasteiger partial charge in [0.15, 0.2) is 0 Å². The van der Waals surface area contributed by atoms with E-state index in [1.807, 2.05) is 6.92 Å². The molecule has 1 saturated carbocycles. The van der Waals surface area contributed by atoms with E-state index in [1.165, 1.54) is 12.8 Å². The fourth-order valence-corrected chi connectivity index (χ4v) is 0.652. The van der Waals surface area contributed by atoms with Crippen molar-refractivity contribution in [2.75, 3.05) is 0 Å². The first-order valence-corrected chi connectivity index (χ1v) is 3.05. The van der Waals surface area contributed by atoms with Crippen molar-refractivity contribution in [3.8, 4) is 12.3 Å². The van der Waals surface area contributed by atoms with Crippen LogP contribution in [0.3, 0.4) is 0 Å². The van der Waals surface area contributed by atoms with Crippen molar-refractivity contribution in [3.63, 3.8) is 0 Å². The fourth-order valence-electron chi connectivity index (χ4n) is 0.652. The number of rotatable bonds is 2. The molecule has 0 radical (unpaired) electrons. The molecule has 0 aliphatic heterocycles. The Morgan fingerprint density at radius 1 is 1.75 bits per heavy atom. The summed E-state index contributed by atoms with van der Waals surface area (Å²) in [5, 5.41) is 3.27. The molecule has 8 heavy (non-hydrogen) atoms. The Hall–Kier alpha value is -0.480. The Bertz CT molecular complexity index is 108. The molecule has 0 aromatic heterocycles. The average molecular weight is 109 g/mol. The number of nitrogens with one attached hydrogen (secondary N) is 1. The molecule has 0 bridgehead atoms. The highest BCUT2D eigenvalue weighted by Crippen LogP contribution is 2.18. The highest BCUT2D eigenvalue weighted by Gasteiger charge is 2.21. The van der Waals surface area contributed by atoms with Gasteiger partial charge < -0.3 is 5.32 Å². The van der Waals surface area contributed by atoms with Crippen LogP contribution in [0, 0.1) is 12.3 Å². The summed E-state index contributed by atoms with van der Waals surface area (Å²) in [6, 6.07) is 1.00. The molecule has 1 fully saturated rings. The largest absolute Gasteiger partial charge is 0.301 e. The van der Waals surface area contributed by atoms with Crippen LogP contribution in [0.1, 0.15) is 19.8 Å². The Morgan fingerprint density at radius 2 is 2.38 bits per heavy atom. The molecule has 0 saturated heterocycles. The van der Waals surface area contributed by atoms with Gasteiger partial charge in [-0.1, -0.05) is 5.92 Å². The van der Waals surface area contributed by atoms with Crippen LogP contribution in [-0.4, -0.2) is 12.1 Å². The molecule has 1 nitrogen and oxygen atoms in total. The van der Waals surface area contributed by atoms with Gasteiger partial charge in [-0.2, -0.15) is 0 Å². The second-order valence-corrected chi connectivity index (χ2v) is 2.33. The van der Waals surface area contributed by atoms with Gasteiger partial charge in [0.2, 0.25) is 0 Å². The molecule has 0 amide bonds. The summed E-state index contributed by atoms with van der Waals surface area (Å²) in [5.41, 5.74) is 0. The monoisotopic (exact) mass is 109 g/mol. The van der Waals surface area contributed by atoms with Gasteiger partial charge in [-0.25, -0.2) is 0 Å². The first-order chi connectivity index (χ1) is 3.83. The van der Waals surface area contributed by atoms with Gasteiger partial charge in [-0.3, -0.25) is 0 Å². The van der Waals surface area contributed by atoms with Crippen LogP contribution in [0.25, 0.3) is 0 Å². The smallest absolute Gasteiger partial charge is 0.0660 e. The number of terminal acetylenes is 1. The summed E-state index contributed by atoms with van der Waals surface area (Å²) < 4.78 is 0. The van der Waals surface area contributed by atoms with Crippen LogP contribution >= 0.6 is 0 Å². The van der Waals surface area contributed by atoms with Crippen LogP contribution in [0.2, 0.25) is 0 Å². The first kappa shape index (κ1) is 5.65. The van der Waals surface area contributed by atoms with Gasteiger partial charge in [-0.05, 0) is 19.8 Å². The quantitative estimate of drug-likeness (QED) is 0.516. The van der Waals surface area contributed by atoms with Gasteiger partial charge in [0.25, 0.3) is 0 Å². The van der Waals surface area contributed by atoms with Crippen LogP contribution < -0.4 is 5.32 Å². The minimum absolute atomic E-state index is 0.266. The van der Waals surface area contributed by atoms with Gasteiger partial charge in [0.05, 0.1) is 6.04 Å². The average Bonchev–Trinajstić information content (AvgIpc) is 2.50. The SMILES string of the molecule is C#CC(C)NC1CC1. The molecule has 1 aliphatic carbocycles. The normalized spacial score (nSPS) is 22.0. The maximum absolute atomic E-state index is 5.14. The maximum Gasteiger partial charge on any atom is 0.0660 e. The standard InChI is InChI=1S/C7H11N/c1-3-6(2)8-7-4-5-7/h1,6-8H,4-5H2,2H3. The van der Waals surface area contributed by atoms with Crippen LogP contribution in [0.4, 0.5) is 0 Å². The van der Waals surface area contributed by atoms with Crippen LogP contribution in [0.15, 0.2) is 0 Å². The second-order valence-electron chi connectivity index (χ2n) is 2.33. The van der Waals surface area contributed by atoms with Crippen molar-refractivity contribution in [2.24, 2.45) is 0 Å². The molecule has 1 unspecified atom stereocenters. The van der Waals surface area contributed by atoms with Crippen molar-refractivity contribution in [1.82, 2.24) is 5.32 Å². The van der Waals surface area contributed by atoms with E-state index in [4.69, 9.17) is 6.42 Å². The predicted octanol–water partition coefficient (Wildman–Crippen LogP) is 0.760. The van der Waals surface area contributed by atoms with Crippen LogP contribution in [0.5, 0.6) is 0 Å². The Balaban J connectivity index is 2.09. The highest BCUT2D eigenvalue weighted by molar-refractivity contribution is 4.99. The van der Waals surface area contributed by atoms with E-state index in [1.54, 1.807) is 0 Å². The number of hydrogen-bond acceptors (Lipinski definition) is 1. The molecule has 1 atom stereocenters. The number of hydrogen-bond donors (Lipinski definition) is 1. The minimum atomic E-state index is 0.266. The van der Waals surface area contributed by atoms with E-state index in [9.17, 15) is 0 Å². The van der Waals surface area contributed by atoms with Gasteiger partial charge in [0, 0.05) is 6.04 Å². The van der Waals surface area contributed by atoms with E-state index in [2.05, 4.69) is 11.2 Å². The predicted molar refractivity (Wildman–Crippen MR) is 34.5 cm³/mol. The fraction of sp³-hybridized carbons (Fsp3) is 0.714. The van der Waals surface area contributed by atoms with Gasteiger partial charge in [-0.15, -0.1) is 6.42 Å². The van der Waals surface area contributed by atoms with Crippen molar-refractivity contribution >= 4 is 0 Å².